The van der Waals surface area contributed by atoms with E-state index in [1.165, 1.54) is 66.0 Å². The van der Waals surface area contributed by atoms with Crippen LogP contribution in [0.15, 0.2) is 35.4 Å². The summed E-state index contributed by atoms with van der Waals surface area (Å²) in [5, 5.41) is 10.9. The lowest BCUT2D eigenvalue weighted by Gasteiger charge is -2.44. The first-order chi connectivity index (χ1) is 25.9. The second kappa shape index (κ2) is 18.4. The number of rotatable bonds is 22. The molecule has 0 aliphatic rings. The maximum absolute atomic E-state index is 14.9. The summed E-state index contributed by atoms with van der Waals surface area (Å²) in [5.41, 5.74) is -0.898. The summed E-state index contributed by atoms with van der Waals surface area (Å²) in [5.74, 6) is -57.2. The van der Waals surface area contributed by atoms with E-state index < -0.39 is 111 Å². The van der Waals surface area contributed by atoms with Crippen LogP contribution in [0.5, 0.6) is 5.75 Å². The molecule has 1 aromatic carbocycles. The molecular weight excluding hydrogens is 855 g/mol. The van der Waals surface area contributed by atoms with Crippen molar-refractivity contribution in [2.45, 2.75) is 132 Å². The van der Waals surface area contributed by atoms with E-state index in [4.69, 9.17) is 18.6 Å². The lowest BCUT2D eigenvalue weighted by molar-refractivity contribution is -0.461. The van der Waals surface area contributed by atoms with Gasteiger partial charge in [0.2, 0.25) is 0 Å². The van der Waals surface area contributed by atoms with Crippen molar-refractivity contribution in [2.75, 3.05) is 26.9 Å². The van der Waals surface area contributed by atoms with E-state index in [1.54, 1.807) is 13.8 Å². The number of carbonyl (C=O) groups excluding carboxylic acids is 1. The van der Waals surface area contributed by atoms with Gasteiger partial charge in [-0.1, -0.05) is 39.8 Å². The second-order valence-electron chi connectivity index (χ2n) is 13.8. The summed E-state index contributed by atoms with van der Waals surface area (Å²) in [6.07, 6.45) is -12.7. The number of benzene rings is 1. The number of carbonyl (C=O) groups is 1. The first kappa shape index (κ1) is 53.2. The quantitative estimate of drug-likeness (QED) is 0.0411. The standard InChI is InChI=1S/C34H43F17O6Si/c1-9-55-26(53)21(7)20(6)25(54-8)24(52)22-10-12-23(13-11-22)56-15-16-57-58(18(2)3,19(4)5)17-14-27(35,36)28(37,38)29(39,40)30(41,42)31(43,44)32(45,46)33(47,48)34(49,50)51/h10-13,18-19,24-25,52H,9,14-17H2,1-8H3/b21-20+/t24-,25-/m0/s1. The van der Waals surface area contributed by atoms with Crippen LogP contribution in [0.1, 0.15) is 66.6 Å². The topological polar surface area (TPSA) is 74.2 Å². The number of aliphatic hydroxyl groups excluding tert-OH is 1. The van der Waals surface area contributed by atoms with Crippen LogP contribution in [0.3, 0.4) is 0 Å². The van der Waals surface area contributed by atoms with Crippen molar-refractivity contribution in [3.63, 3.8) is 0 Å². The van der Waals surface area contributed by atoms with Gasteiger partial charge < -0.3 is 23.7 Å². The number of halogens is 17. The van der Waals surface area contributed by atoms with Gasteiger partial charge in [-0.3, -0.25) is 0 Å². The lowest BCUT2D eigenvalue weighted by atomic mass is 9.88. The van der Waals surface area contributed by atoms with Gasteiger partial charge in [-0.15, -0.1) is 0 Å². The van der Waals surface area contributed by atoms with Crippen LogP contribution in [0, 0.1) is 0 Å². The number of esters is 1. The molecule has 0 aliphatic heterocycles. The number of alkyl halides is 17. The molecule has 0 bridgehead atoms. The molecule has 1 aromatic rings. The van der Waals surface area contributed by atoms with Crippen molar-refractivity contribution >= 4 is 14.3 Å². The molecule has 2 atom stereocenters. The number of ether oxygens (including phenoxy) is 3. The number of hydrogen-bond donors (Lipinski definition) is 1. The molecule has 0 saturated carbocycles. The highest BCUT2D eigenvalue weighted by Crippen LogP contribution is 2.64. The molecule has 0 aliphatic carbocycles. The van der Waals surface area contributed by atoms with E-state index in [0.29, 0.717) is 5.57 Å². The van der Waals surface area contributed by atoms with E-state index in [2.05, 4.69) is 0 Å². The molecule has 338 valence electrons. The summed E-state index contributed by atoms with van der Waals surface area (Å²) in [6.45, 7) is 9.07. The summed E-state index contributed by atoms with van der Waals surface area (Å²) in [6, 6.07) is 4.21. The van der Waals surface area contributed by atoms with Gasteiger partial charge >= 0.3 is 53.6 Å². The molecule has 0 heterocycles. The normalized spacial score (nSPS) is 16.1. The molecule has 6 nitrogen and oxygen atoms in total. The monoisotopic (exact) mass is 898 g/mol. The minimum atomic E-state index is -8.69. The highest BCUT2D eigenvalue weighted by molar-refractivity contribution is 6.76. The molecule has 0 unspecified atom stereocenters. The third-order valence-electron chi connectivity index (χ3n) is 9.66. The van der Waals surface area contributed by atoms with Crippen molar-refractivity contribution in [1.29, 1.82) is 0 Å². The molecule has 58 heavy (non-hydrogen) atoms. The third kappa shape index (κ3) is 9.68. The molecule has 0 fully saturated rings. The van der Waals surface area contributed by atoms with Gasteiger partial charge in [0, 0.05) is 19.1 Å². The fourth-order valence-electron chi connectivity index (χ4n) is 5.84. The Kier molecular flexibility index (Phi) is 16.9. The lowest BCUT2D eigenvalue weighted by Crippen LogP contribution is -2.74. The fourth-order valence-corrected chi connectivity index (χ4v) is 10.3. The zero-order chi connectivity index (χ0) is 45.9. The van der Waals surface area contributed by atoms with Gasteiger partial charge in [0.15, 0.2) is 8.32 Å². The van der Waals surface area contributed by atoms with Crippen LogP contribution in [-0.2, 0) is 18.7 Å². The Morgan fingerprint density at radius 3 is 1.52 bits per heavy atom. The Balaban J connectivity index is 3.27. The van der Waals surface area contributed by atoms with Crippen LogP contribution in [0.25, 0.3) is 0 Å². The van der Waals surface area contributed by atoms with Gasteiger partial charge in [-0.2, -0.15) is 74.6 Å². The van der Waals surface area contributed by atoms with Crippen molar-refractivity contribution in [1.82, 2.24) is 0 Å². The van der Waals surface area contributed by atoms with Crippen LogP contribution in [-0.4, -0.2) is 100 Å². The number of hydrogen-bond acceptors (Lipinski definition) is 6. The Labute approximate surface area is 323 Å². The van der Waals surface area contributed by atoms with E-state index in [-0.39, 0.29) is 23.5 Å². The van der Waals surface area contributed by atoms with Gasteiger partial charge in [-0.25, -0.2) is 4.79 Å². The Hall–Kier alpha value is -2.86. The summed E-state index contributed by atoms with van der Waals surface area (Å²) in [4.78, 5) is 12.1. The summed E-state index contributed by atoms with van der Waals surface area (Å²) < 4.78 is 256. The molecule has 1 rings (SSSR count). The smallest absolute Gasteiger partial charge is 0.460 e. The maximum Gasteiger partial charge on any atom is 0.460 e. The Morgan fingerprint density at radius 1 is 0.690 bits per heavy atom. The van der Waals surface area contributed by atoms with Gasteiger partial charge in [0.25, 0.3) is 0 Å². The predicted molar refractivity (Wildman–Crippen MR) is 175 cm³/mol. The molecule has 0 radical (unpaired) electrons. The first-order valence-corrected chi connectivity index (χ1v) is 19.4. The molecule has 24 heteroatoms. The van der Waals surface area contributed by atoms with Crippen molar-refractivity contribution in [3.05, 3.63) is 41.0 Å². The minimum Gasteiger partial charge on any atom is -0.491 e. The van der Waals surface area contributed by atoms with Gasteiger partial charge in [0.1, 0.15) is 24.6 Å². The Bertz CT molecular complexity index is 1540. The zero-order valence-corrected chi connectivity index (χ0v) is 33.1. The largest absolute Gasteiger partial charge is 0.491 e. The van der Waals surface area contributed by atoms with Crippen LogP contribution >= 0.6 is 0 Å². The van der Waals surface area contributed by atoms with Crippen molar-refractivity contribution < 1.29 is 103 Å². The van der Waals surface area contributed by atoms with Gasteiger partial charge in [-0.05, 0) is 61.2 Å². The van der Waals surface area contributed by atoms with E-state index in [1.807, 2.05) is 0 Å². The first-order valence-electron chi connectivity index (χ1n) is 17.1. The molecule has 0 saturated heterocycles. The molecule has 1 N–H and O–H groups in total. The van der Waals surface area contributed by atoms with Gasteiger partial charge in [0.05, 0.1) is 13.2 Å². The second-order valence-corrected chi connectivity index (χ2v) is 18.8. The number of aliphatic hydroxyl groups is 1. The van der Waals surface area contributed by atoms with E-state index >= 15 is 0 Å². The van der Waals surface area contributed by atoms with E-state index in [0.717, 1.165) is 0 Å². The predicted octanol–water partition coefficient (Wildman–Crippen LogP) is 11.2. The zero-order valence-electron chi connectivity index (χ0n) is 32.1. The highest BCUT2D eigenvalue weighted by atomic mass is 28.4. The Morgan fingerprint density at radius 2 is 1.12 bits per heavy atom. The van der Waals surface area contributed by atoms with Crippen LogP contribution in [0.2, 0.25) is 17.1 Å². The average molecular weight is 899 g/mol. The SMILES string of the molecule is CCOC(=O)/C(C)=C(\C)[C@H](OC)[C@@H](O)c1ccc(OCCO[Si](CCC(F)(F)C(F)(F)C(F)(F)C(F)(F)C(F)(F)C(F)(F)C(F)(F)C(F)(F)F)(C(C)C)C(C)C)cc1. The van der Waals surface area contributed by atoms with Crippen molar-refractivity contribution in [2.24, 2.45) is 0 Å². The molecular formula is C34H43F17O6Si. The van der Waals surface area contributed by atoms with Crippen LogP contribution < -0.4 is 4.74 Å². The molecule has 0 spiro atoms. The third-order valence-corrected chi connectivity index (χ3v) is 15.3. The fraction of sp³-hybridized carbons (Fsp3) is 0.735. The average Bonchev–Trinajstić information content (AvgIpc) is 3.10. The van der Waals surface area contributed by atoms with Crippen LogP contribution in [0.4, 0.5) is 74.6 Å². The number of methoxy groups -OCH3 is 1. The van der Waals surface area contributed by atoms with E-state index in [9.17, 15) is 84.5 Å². The molecule has 0 aromatic heterocycles. The summed E-state index contributed by atoms with van der Waals surface area (Å²) >= 11 is 0. The van der Waals surface area contributed by atoms with Crippen molar-refractivity contribution in [3.8, 4) is 5.75 Å². The summed E-state index contributed by atoms with van der Waals surface area (Å²) in [7, 11) is -2.68. The maximum atomic E-state index is 14.9. The molecule has 0 amide bonds. The highest BCUT2D eigenvalue weighted by Gasteiger charge is 2.95. The minimum absolute atomic E-state index is 0.101.